The molecule has 18 heavy (non-hydrogen) atoms. The molecule has 0 aromatic heterocycles. The van der Waals surface area contributed by atoms with E-state index in [1.54, 1.807) is 0 Å². The van der Waals surface area contributed by atoms with Crippen LogP contribution in [0.15, 0.2) is 4.99 Å². The molecule has 0 amide bonds. The number of hydrogen-bond donors (Lipinski definition) is 2. The minimum Gasteiger partial charge on any atom is -0.377 e. The molecule has 1 aliphatic carbocycles. The van der Waals surface area contributed by atoms with Gasteiger partial charge >= 0.3 is 0 Å². The maximum absolute atomic E-state index is 5.97. The second kappa shape index (κ2) is 5.08. The number of ether oxygens (including phenoxy) is 1. The molecule has 4 heteroatoms. The number of nitrogens with one attached hydrogen (secondary N) is 1. The molecule has 1 saturated heterocycles. The summed E-state index contributed by atoms with van der Waals surface area (Å²) >= 11 is 0. The normalized spacial score (nSPS) is 34.9. The average Bonchev–Trinajstić information content (AvgIpc) is 2.33. The Morgan fingerprint density at radius 3 is 2.89 bits per heavy atom. The van der Waals surface area contributed by atoms with Crippen molar-refractivity contribution in [1.29, 1.82) is 0 Å². The first-order chi connectivity index (χ1) is 8.43. The molecular formula is C14H27N3O. The van der Waals surface area contributed by atoms with Gasteiger partial charge in [-0.25, -0.2) is 0 Å². The van der Waals surface area contributed by atoms with Crippen LogP contribution in [-0.2, 0) is 4.74 Å². The average molecular weight is 253 g/mol. The predicted molar refractivity (Wildman–Crippen MR) is 74.5 cm³/mol. The van der Waals surface area contributed by atoms with Gasteiger partial charge in [0.25, 0.3) is 0 Å². The minimum atomic E-state index is 0.156. The number of guanidine groups is 1. The van der Waals surface area contributed by atoms with Crippen LogP contribution in [0.4, 0.5) is 0 Å². The van der Waals surface area contributed by atoms with E-state index in [4.69, 9.17) is 10.5 Å². The second-order valence-electron chi connectivity index (χ2n) is 6.66. The van der Waals surface area contributed by atoms with E-state index in [0.29, 0.717) is 29.9 Å². The summed E-state index contributed by atoms with van der Waals surface area (Å²) in [7, 11) is 0. The zero-order chi connectivity index (χ0) is 13.3. The van der Waals surface area contributed by atoms with E-state index >= 15 is 0 Å². The summed E-state index contributed by atoms with van der Waals surface area (Å²) in [6.07, 6.45) is 2.79. The highest BCUT2D eigenvalue weighted by Gasteiger charge is 2.58. The second-order valence-corrected chi connectivity index (χ2v) is 6.66. The molecule has 3 N–H and O–H groups in total. The van der Waals surface area contributed by atoms with Crippen LogP contribution in [0.1, 0.15) is 40.5 Å². The smallest absolute Gasteiger partial charge is 0.188 e. The van der Waals surface area contributed by atoms with E-state index in [9.17, 15) is 0 Å². The van der Waals surface area contributed by atoms with Gasteiger partial charge in [-0.2, -0.15) is 0 Å². The van der Waals surface area contributed by atoms with Gasteiger partial charge in [-0.1, -0.05) is 27.7 Å². The standard InChI is InChI=1S/C14H27N3O/c1-9(2)8-16-13(15)17-11-10-6-5-7-18-12(10)14(11,3)4/h9-12H,5-8H2,1-4H3,(H3,15,16,17). The SMILES string of the molecule is CC(C)CN=C(N)NC1C2CCCOC2C1(C)C. The summed E-state index contributed by atoms with van der Waals surface area (Å²) in [5, 5.41) is 3.41. The number of aliphatic imine (C=N–C) groups is 1. The Labute approximate surface area is 110 Å². The van der Waals surface area contributed by atoms with E-state index < -0.39 is 0 Å². The third kappa shape index (κ3) is 2.48. The van der Waals surface area contributed by atoms with E-state index in [0.717, 1.165) is 13.2 Å². The van der Waals surface area contributed by atoms with Gasteiger partial charge in [0.15, 0.2) is 5.96 Å². The number of rotatable bonds is 3. The third-order valence-corrected chi connectivity index (χ3v) is 4.26. The molecule has 2 aliphatic rings. The first-order valence-electron chi connectivity index (χ1n) is 7.11. The van der Waals surface area contributed by atoms with Crippen LogP contribution in [0, 0.1) is 17.3 Å². The van der Waals surface area contributed by atoms with Crippen molar-refractivity contribution >= 4 is 5.96 Å². The van der Waals surface area contributed by atoms with Gasteiger partial charge in [-0.3, -0.25) is 4.99 Å². The van der Waals surface area contributed by atoms with Crippen LogP contribution in [0.3, 0.4) is 0 Å². The van der Waals surface area contributed by atoms with Gasteiger partial charge in [0.1, 0.15) is 0 Å². The Morgan fingerprint density at radius 1 is 1.50 bits per heavy atom. The van der Waals surface area contributed by atoms with Crippen molar-refractivity contribution in [3.63, 3.8) is 0 Å². The van der Waals surface area contributed by atoms with E-state index in [1.165, 1.54) is 12.8 Å². The van der Waals surface area contributed by atoms with Gasteiger partial charge in [0, 0.05) is 30.5 Å². The lowest BCUT2D eigenvalue weighted by Crippen LogP contribution is -2.70. The van der Waals surface area contributed by atoms with Gasteiger partial charge in [-0.05, 0) is 18.8 Å². The summed E-state index contributed by atoms with van der Waals surface area (Å²) in [5.41, 5.74) is 6.13. The topological polar surface area (TPSA) is 59.6 Å². The van der Waals surface area contributed by atoms with Gasteiger partial charge in [0.05, 0.1) is 6.10 Å². The molecule has 0 bridgehead atoms. The monoisotopic (exact) mass is 253 g/mol. The molecular weight excluding hydrogens is 226 g/mol. The first-order valence-corrected chi connectivity index (χ1v) is 7.11. The quantitative estimate of drug-likeness (QED) is 0.595. The molecule has 3 atom stereocenters. The maximum Gasteiger partial charge on any atom is 0.188 e. The lowest BCUT2D eigenvalue weighted by atomic mass is 9.55. The Bertz CT molecular complexity index is 325. The Hall–Kier alpha value is -0.770. The predicted octanol–water partition coefficient (Wildman–Crippen LogP) is 1.75. The highest BCUT2D eigenvalue weighted by molar-refractivity contribution is 5.78. The van der Waals surface area contributed by atoms with Gasteiger partial charge < -0.3 is 15.8 Å². The molecule has 0 spiro atoms. The van der Waals surface area contributed by atoms with Gasteiger partial charge in [-0.15, -0.1) is 0 Å². The lowest BCUT2D eigenvalue weighted by Gasteiger charge is -2.60. The van der Waals surface area contributed by atoms with Crippen molar-refractivity contribution in [3.05, 3.63) is 0 Å². The van der Waals surface area contributed by atoms with Crippen molar-refractivity contribution in [2.75, 3.05) is 13.2 Å². The number of fused-ring (bicyclic) bond motifs is 1. The first kappa shape index (κ1) is 13.7. The largest absolute Gasteiger partial charge is 0.377 e. The number of nitrogens with zero attached hydrogens (tertiary/aromatic N) is 1. The molecule has 3 unspecified atom stereocenters. The Morgan fingerprint density at radius 2 is 2.22 bits per heavy atom. The fourth-order valence-electron chi connectivity index (χ4n) is 3.30. The zero-order valence-electron chi connectivity index (χ0n) is 12.1. The fraction of sp³-hybridized carbons (Fsp3) is 0.929. The Kier molecular flexibility index (Phi) is 3.85. The third-order valence-electron chi connectivity index (χ3n) is 4.26. The van der Waals surface area contributed by atoms with Crippen LogP contribution in [0.25, 0.3) is 0 Å². The molecule has 4 nitrogen and oxygen atoms in total. The molecule has 1 aliphatic heterocycles. The molecule has 0 radical (unpaired) electrons. The fourth-order valence-corrected chi connectivity index (χ4v) is 3.30. The molecule has 0 aromatic rings. The van der Waals surface area contributed by atoms with Crippen LogP contribution in [-0.4, -0.2) is 31.3 Å². The zero-order valence-corrected chi connectivity index (χ0v) is 12.1. The van der Waals surface area contributed by atoms with E-state index in [1.807, 2.05) is 0 Å². The number of nitrogens with two attached hydrogens (primary N) is 1. The van der Waals surface area contributed by atoms with Crippen molar-refractivity contribution < 1.29 is 4.74 Å². The molecule has 1 saturated carbocycles. The van der Waals surface area contributed by atoms with Crippen LogP contribution in [0.5, 0.6) is 0 Å². The minimum absolute atomic E-state index is 0.156. The summed E-state index contributed by atoms with van der Waals surface area (Å²) in [6.45, 7) is 10.5. The van der Waals surface area contributed by atoms with E-state index in [-0.39, 0.29) is 5.41 Å². The van der Waals surface area contributed by atoms with Crippen molar-refractivity contribution in [2.45, 2.75) is 52.7 Å². The van der Waals surface area contributed by atoms with Crippen molar-refractivity contribution in [3.8, 4) is 0 Å². The molecule has 2 fully saturated rings. The summed E-state index contributed by atoms with van der Waals surface area (Å²) in [4.78, 5) is 4.39. The van der Waals surface area contributed by atoms with Crippen molar-refractivity contribution in [1.82, 2.24) is 5.32 Å². The molecule has 1 heterocycles. The summed E-state index contributed by atoms with van der Waals surface area (Å²) in [5.74, 6) is 1.73. The molecule has 0 aromatic carbocycles. The van der Waals surface area contributed by atoms with Crippen LogP contribution in [0.2, 0.25) is 0 Å². The van der Waals surface area contributed by atoms with Crippen molar-refractivity contribution in [2.24, 2.45) is 28.0 Å². The number of hydrogen-bond acceptors (Lipinski definition) is 2. The maximum atomic E-state index is 5.97. The Balaban J connectivity index is 1.94. The lowest BCUT2D eigenvalue weighted by molar-refractivity contribution is -0.188. The summed E-state index contributed by atoms with van der Waals surface area (Å²) in [6, 6.07) is 0.402. The highest BCUT2D eigenvalue weighted by Crippen LogP contribution is 2.51. The highest BCUT2D eigenvalue weighted by atomic mass is 16.5. The molecule has 104 valence electrons. The molecule has 2 rings (SSSR count). The van der Waals surface area contributed by atoms with Crippen LogP contribution >= 0.6 is 0 Å². The van der Waals surface area contributed by atoms with Crippen LogP contribution < -0.4 is 11.1 Å². The van der Waals surface area contributed by atoms with E-state index in [2.05, 4.69) is 38.0 Å². The van der Waals surface area contributed by atoms with Gasteiger partial charge in [0.2, 0.25) is 0 Å². The summed E-state index contributed by atoms with van der Waals surface area (Å²) < 4.78 is 5.88.